The van der Waals surface area contributed by atoms with Gasteiger partial charge in [0.1, 0.15) is 11.6 Å². The van der Waals surface area contributed by atoms with Crippen molar-refractivity contribution in [3.05, 3.63) is 93.2 Å². The molecule has 25 heavy (non-hydrogen) atoms. The van der Waals surface area contributed by atoms with Crippen LogP contribution in [-0.2, 0) is 6.42 Å². The lowest BCUT2D eigenvalue weighted by atomic mass is 10.0. The van der Waals surface area contributed by atoms with Crippen LogP contribution in [0.25, 0.3) is 0 Å². The predicted octanol–water partition coefficient (Wildman–Crippen LogP) is 5.11. The molecule has 1 heterocycles. The summed E-state index contributed by atoms with van der Waals surface area (Å²) in [6, 6.07) is 14.3. The lowest BCUT2D eigenvalue weighted by Gasteiger charge is -2.19. The van der Waals surface area contributed by atoms with Crippen molar-refractivity contribution >= 4 is 17.2 Å². The molecule has 1 N–H and O–H groups in total. The average molecular weight is 357 g/mol. The molecule has 3 aromatic rings. The van der Waals surface area contributed by atoms with Crippen molar-refractivity contribution in [2.24, 2.45) is 0 Å². The van der Waals surface area contributed by atoms with Crippen LogP contribution in [-0.4, -0.2) is 5.91 Å². The van der Waals surface area contributed by atoms with Gasteiger partial charge >= 0.3 is 0 Å². The van der Waals surface area contributed by atoms with Crippen molar-refractivity contribution in [2.75, 3.05) is 0 Å². The number of benzene rings is 2. The third kappa shape index (κ3) is 3.94. The van der Waals surface area contributed by atoms with Crippen molar-refractivity contribution in [2.45, 2.75) is 19.4 Å². The molecule has 0 saturated carbocycles. The molecular formula is C20H17F2NOS. The van der Waals surface area contributed by atoms with Crippen LogP contribution < -0.4 is 5.32 Å². The van der Waals surface area contributed by atoms with Gasteiger partial charge in [-0.2, -0.15) is 0 Å². The van der Waals surface area contributed by atoms with Crippen LogP contribution in [0.5, 0.6) is 0 Å². The van der Waals surface area contributed by atoms with Gasteiger partial charge in [-0.05, 0) is 41.1 Å². The zero-order chi connectivity index (χ0) is 17.8. The van der Waals surface area contributed by atoms with E-state index < -0.39 is 17.5 Å². The Morgan fingerprint density at radius 1 is 1.12 bits per heavy atom. The third-order valence-corrected chi connectivity index (χ3v) is 4.94. The molecule has 0 aliphatic rings. The van der Waals surface area contributed by atoms with Crippen LogP contribution in [0.15, 0.2) is 60.0 Å². The Kier molecular flexibility index (Phi) is 5.24. The third-order valence-electron chi connectivity index (χ3n) is 4.00. The predicted molar refractivity (Wildman–Crippen MR) is 95.8 cm³/mol. The molecule has 0 spiro atoms. The van der Waals surface area contributed by atoms with E-state index in [-0.39, 0.29) is 11.6 Å². The van der Waals surface area contributed by atoms with Gasteiger partial charge in [0, 0.05) is 10.9 Å². The molecule has 128 valence electrons. The van der Waals surface area contributed by atoms with Gasteiger partial charge in [0.25, 0.3) is 5.91 Å². The minimum absolute atomic E-state index is 0.173. The summed E-state index contributed by atoms with van der Waals surface area (Å²) in [6.45, 7) is 2.07. The number of nitrogens with one attached hydrogen (secondary N) is 1. The lowest BCUT2D eigenvalue weighted by molar-refractivity contribution is 0.0939. The highest BCUT2D eigenvalue weighted by Gasteiger charge is 2.21. The molecule has 0 saturated heterocycles. The molecule has 2 nitrogen and oxygen atoms in total. The normalized spacial score (nSPS) is 12.0. The highest BCUT2D eigenvalue weighted by Crippen LogP contribution is 2.27. The van der Waals surface area contributed by atoms with Crippen LogP contribution >= 0.6 is 11.3 Å². The van der Waals surface area contributed by atoms with Gasteiger partial charge in [0.05, 0.1) is 11.6 Å². The maximum Gasteiger partial charge on any atom is 0.255 e. The molecule has 0 bridgehead atoms. The summed E-state index contributed by atoms with van der Waals surface area (Å²) in [5.41, 5.74) is 1.94. The maximum absolute atomic E-state index is 13.9. The minimum Gasteiger partial charge on any atom is -0.340 e. The van der Waals surface area contributed by atoms with Gasteiger partial charge in [-0.1, -0.05) is 37.3 Å². The molecule has 1 aromatic heterocycles. The summed E-state index contributed by atoms with van der Waals surface area (Å²) in [6.07, 6.45) is 0.928. The van der Waals surface area contributed by atoms with Gasteiger partial charge in [-0.3, -0.25) is 4.79 Å². The standard InChI is InChI=1S/C20H17F2NOS/c1-2-13-5-7-14(8-6-13)19(18-4-3-11-25-18)23-20(24)16-10-9-15(21)12-17(16)22/h3-12,19H,2H2,1H3,(H,23,24)/t19-/m1/s1. The smallest absolute Gasteiger partial charge is 0.255 e. The van der Waals surface area contributed by atoms with E-state index in [1.54, 1.807) is 0 Å². The van der Waals surface area contributed by atoms with E-state index in [9.17, 15) is 13.6 Å². The SMILES string of the molecule is CCc1ccc([C@@H](NC(=O)c2ccc(F)cc2F)c2cccs2)cc1. The number of aryl methyl sites for hydroxylation is 1. The summed E-state index contributed by atoms with van der Waals surface area (Å²) in [5.74, 6) is -2.15. The number of halogens is 2. The minimum atomic E-state index is -0.872. The molecule has 3 rings (SSSR count). The Hall–Kier alpha value is -2.53. The Bertz CT molecular complexity index is 860. The number of carbonyl (C=O) groups is 1. The Morgan fingerprint density at radius 2 is 1.88 bits per heavy atom. The lowest BCUT2D eigenvalue weighted by Crippen LogP contribution is -2.29. The number of rotatable bonds is 5. The molecule has 0 fully saturated rings. The molecule has 0 radical (unpaired) electrons. The fourth-order valence-corrected chi connectivity index (χ4v) is 3.41. The van der Waals surface area contributed by atoms with Gasteiger partial charge in [-0.15, -0.1) is 11.3 Å². The van der Waals surface area contributed by atoms with E-state index in [1.165, 1.54) is 16.9 Å². The zero-order valence-electron chi connectivity index (χ0n) is 13.6. The molecule has 0 aliphatic carbocycles. The van der Waals surface area contributed by atoms with Crippen molar-refractivity contribution in [1.82, 2.24) is 5.32 Å². The number of hydrogen-bond donors (Lipinski definition) is 1. The van der Waals surface area contributed by atoms with Crippen molar-refractivity contribution in [3.8, 4) is 0 Å². The summed E-state index contributed by atoms with van der Waals surface area (Å²) < 4.78 is 27.0. The van der Waals surface area contributed by atoms with E-state index in [1.807, 2.05) is 41.8 Å². The second-order valence-corrected chi connectivity index (χ2v) is 6.62. The number of carbonyl (C=O) groups excluding carboxylic acids is 1. The second-order valence-electron chi connectivity index (χ2n) is 5.64. The fourth-order valence-electron chi connectivity index (χ4n) is 2.60. The van der Waals surface area contributed by atoms with E-state index >= 15 is 0 Å². The van der Waals surface area contributed by atoms with Crippen LogP contribution in [0.4, 0.5) is 8.78 Å². The fraction of sp³-hybridized carbons (Fsp3) is 0.150. The molecule has 2 aromatic carbocycles. The molecule has 5 heteroatoms. The summed E-state index contributed by atoms with van der Waals surface area (Å²) in [4.78, 5) is 13.5. The van der Waals surface area contributed by atoms with Crippen molar-refractivity contribution in [3.63, 3.8) is 0 Å². The largest absolute Gasteiger partial charge is 0.340 e. The summed E-state index contributed by atoms with van der Waals surface area (Å²) in [7, 11) is 0. The molecule has 1 amide bonds. The van der Waals surface area contributed by atoms with E-state index in [4.69, 9.17) is 0 Å². The highest BCUT2D eigenvalue weighted by molar-refractivity contribution is 7.10. The van der Waals surface area contributed by atoms with Gasteiger partial charge in [0.2, 0.25) is 0 Å². The number of hydrogen-bond acceptors (Lipinski definition) is 2. The Labute approximate surface area is 149 Å². The Morgan fingerprint density at radius 3 is 2.48 bits per heavy atom. The Balaban J connectivity index is 1.91. The zero-order valence-corrected chi connectivity index (χ0v) is 14.4. The van der Waals surface area contributed by atoms with Crippen molar-refractivity contribution < 1.29 is 13.6 Å². The number of thiophene rings is 1. The van der Waals surface area contributed by atoms with E-state index in [0.29, 0.717) is 6.07 Å². The molecule has 0 unspecified atom stereocenters. The topological polar surface area (TPSA) is 29.1 Å². The molecule has 0 aliphatic heterocycles. The first-order valence-electron chi connectivity index (χ1n) is 7.96. The first-order chi connectivity index (χ1) is 12.1. The monoisotopic (exact) mass is 357 g/mol. The first kappa shape index (κ1) is 17.3. The molecular weight excluding hydrogens is 340 g/mol. The van der Waals surface area contributed by atoms with Gasteiger partial charge in [-0.25, -0.2) is 8.78 Å². The highest BCUT2D eigenvalue weighted by atomic mass is 32.1. The van der Waals surface area contributed by atoms with Crippen LogP contribution in [0, 0.1) is 11.6 Å². The quantitative estimate of drug-likeness (QED) is 0.676. The molecule has 1 atom stereocenters. The van der Waals surface area contributed by atoms with E-state index in [2.05, 4.69) is 12.2 Å². The summed E-state index contributed by atoms with van der Waals surface area (Å²) in [5, 5.41) is 4.78. The summed E-state index contributed by atoms with van der Waals surface area (Å²) >= 11 is 1.51. The van der Waals surface area contributed by atoms with Crippen LogP contribution in [0.2, 0.25) is 0 Å². The van der Waals surface area contributed by atoms with Crippen LogP contribution in [0.1, 0.15) is 39.3 Å². The van der Waals surface area contributed by atoms with Crippen LogP contribution in [0.3, 0.4) is 0 Å². The van der Waals surface area contributed by atoms with Crippen molar-refractivity contribution in [1.29, 1.82) is 0 Å². The average Bonchev–Trinajstić information content (AvgIpc) is 3.14. The maximum atomic E-state index is 13.9. The van der Waals surface area contributed by atoms with Gasteiger partial charge < -0.3 is 5.32 Å². The van der Waals surface area contributed by atoms with E-state index in [0.717, 1.165) is 29.0 Å². The first-order valence-corrected chi connectivity index (χ1v) is 8.84. The second kappa shape index (κ2) is 7.57. The van der Waals surface area contributed by atoms with Gasteiger partial charge in [0.15, 0.2) is 0 Å². The number of amides is 1.